The Morgan fingerprint density at radius 2 is 1.21 bits per heavy atom. The molecule has 0 amide bonds. The molecule has 2 rings (SSSR count). The van der Waals surface area contributed by atoms with Gasteiger partial charge in [0.05, 0.1) is 24.4 Å². The van der Waals surface area contributed by atoms with Gasteiger partial charge in [-0.05, 0) is 0 Å². The SMILES string of the molecule is O[C@@H]1[C@@H]2[C@@H](O)[C@H](O)[C@@H](O)CN2C[C@@H]1O. The number of hydrogen-bond donors (Lipinski definition) is 5. The highest BCUT2D eigenvalue weighted by atomic mass is 16.4. The van der Waals surface area contributed by atoms with Crippen molar-refractivity contribution >= 4 is 0 Å². The van der Waals surface area contributed by atoms with E-state index in [1.54, 1.807) is 4.90 Å². The third kappa shape index (κ3) is 1.35. The molecule has 0 radical (unpaired) electrons. The summed E-state index contributed by atoms with van der Waals surface area (Å²) in [4.78, 5) is 1.59. The number of rotatable bonds is 0. The molecule has 14 heavy (non-hydrogen) atoms. The van der Waals surface area contributed by atoms with E-state index in [1.165, 1.54) is 0 Å². The second-order valence-electron chi connectivity index (χ2n) is 4.05. The summed E-state index contributed by atoms with van der Waals surface area (Å²) in [5, 5.41) is 47.2. The van der Waals surface area contributed by atoms with Gasteiger partial charge in [-0.3, -0.25) is 4.90 Å². The number of aliphatic hydroxyl groups excluding tert-OH is 5. The van der Waals surface area contributed by atoms with Gasteiger partial charge in [-0.25, -0.2) is 0 Å². The van der Waals surface area contributed by atoms with Crippen molar-refractivity contribution in [3.63, 3.8) is 0 Å². The van der Waals surface area contributed by atoms with E-state index in [-0.39, 0.29) is 13.1 Å². The summed E-state index contributed by atoms with van der Waals surface area (Å²) in [5.74, 6) is 0. The molecule has 2 aliphatic heterocycles. The molecule has 0 bridgehead atoms. The van der Waals surface area contributed by atoms with Crippen molar-refractivity contribution in [2.24, 2.45) is 0 Å². The average molecular weight is 205 g/mol. The molecule has 0 aromatic rings. The molecule has 0 aromatic carbocycles. The molecular formula is C8H15NO5. The monoisotopic (exact) mass is 205 g/mol. The fourth-order valence-corrected chi connectivity index (χ4v) is 2.31. The van der Waals surface area contributed by atoms with Gasteiger partial charge in [0.15, 0.2) is 0 Å². The minimum absolute atomic E-state index is 0.164. The molecule has 0 aliphatic carbocycles. The molecular weight excluding hydrogens is 190 g/mol. The maximum Gasteiger partial charge on any atom is 0.109 e. The van der Waals surface area contributed by atoms with Crippen LogP contribution in [0.1, 0.15) is 0 Å². The molecule has 0 unspecified atom stereocenters. The van der Waals surface area contributed by atoms with Crippen LogP contribution >= 0.6 is 0 Å². The number of fused-ring (bicyclic) bond motifs is 1. The van der Waals surface area contributed by atoms with Crippen LogP contribution in [0.5, 0.6) is 0 Å². The van der Waals surface area contributed by atoms with Crippen LogP contribution in [-0.2, 0) is 0 Å². The van der Waals surface area contributed by atoms with Gasteiger partial charge < -0.3 is 25.5 Å². The smallest absolute Gasteiger partial charge is 0.109 e. The molecule has 2 fully saturated rings. The summed E-state index contributed by atoms with van der Waals surface area (Å²) in [6.45, 7) is 0.379. The minimum atomic E-state index is -1.25. The van der Waals surface area contributed by atoms with Gasteiger partial charge in [0, 0.05) is 13.1 Å². The quantitative estimate of drug-likeness (QED) is 0.281. The zero-order chi connectivity index (χ0) is 10.5. The van der Waals surface area contributed by atoms with Gasteiger partial charge in [-0.2, -0.15) is 0 Å². The van der Waals surface area contributed by atoms with Crippen molar-refractivity contribution in [2.75, 3.05) is 13.1 Å². The summed E-state index contributed by atoms with van der Waals surface area (Å²) in [6, 6.07) is -0.677. The lowest BCUT2D eigenvalue weighted by Gasteiger charge is -2.40. The Morgan fingerprint density at radius 3 is 1.79 bits per heavy atom. The topological polar surface area (TPSA) is 104 Å². The highest BCUT2D eigenvalue weighted by Crippen LogP contribution is 2.28. The number of piperidine rings is 1. The Hall–Kier alpha value is -0.240. The van der Waals surface area contributed by atoms with Crippen molar-refractivity contribution in [3.8, 4) is 0 Å². The van der Waals surface area contributed by atoms with Crippen LogP contribution in [0.25, 0.3) is 0 Å². The van der Waals surface area contributed by atoms with Crippen LogP contribution in [0.2, 0.25) is 0 Å². The Labute approximate surface area is 81.0 Å². The maximum absolute atomic E-state index is 9.58. The van der Waals surface area contributed by atoms with Crippen LogP contribution in [0.4, 0.5) is 0 Å². The highest BCUT2D eigenvalue weighted by molar-refractivity contribution is 5.04. The van der Waals surface area contributed by atoms with E-state index in [0.29, 0.717) is 0 Å². The van der Waals surface area contributed by atoms with Crippen molar-refractivity contribution in [3.05, 3.63) is 0 Å². The van der Waals surface area contributed by atoms with Gasteiger partial charge in [0.25, 0.3) is 0 Å². The average Bonchev–Trinajstić information content (AvgIpc) is 2.39. The Kier molecular flexibility index (Phi) is 2.50. The zero-order valence-corrected chi connectivity index (χ0v) is 7.56. The lowest BCUT2D eigenvalue weighted by Crippen LogP contribution is -2.61. The molecule has 6 heteroatoms. The van der Waals surface area contributed by atoms with Gasteiger partial charge in [0.2, 0.25) is 0 Å². The van der Waals surface area contributed by atoms with Crippen molar-refractivity contribution in [1.82, 2.24) is 4.90 Å². The molecule has 6 atom stereocenters. The van der Waals surface area contributed by atoms with Crippen LogP contribution < -0.4 is 0 Å². The van der Waals surface area contributed by atoms with Crippen LogP contribution in [0, 0.1) is 0 Å². The lowest BCUT2D eigenvalue weighted by atomic mass is 9.93. The van der Waals surface area contributed by atoms with Crippen molar-refractivity contribution < 1.29 is 25.5 Å². The molecule has 0 saturated carbocycles. The summed E-state index contributed by atoms with van der Waals surface area (Å²) >= 11 is 0. The predicted molar refractivity (Wildman–Crippen MR) is 45.4 cm³/mol. The molecule has 2 saturated heterocycles. The summed E-state index contributed by atoms with van der Waals surface area (Å²) in [5.41, 5.74) is 0. The van der Waals surface area contributed by atoms with E-state index in [1.807, 2.05) is 0 Å². The first kappa shape index (κ1) is 10.3. The molecule has 0 spiro atoms. The van der Waals surface area contributed by atoms with Crippen molar-refractivity contribution in [1.29, 1.82) is 0 Å². The third-order valence-electron chi connectivity index (χ3n) is 3.10. The fraction of sp³-hybridized carbons (Fsp3) is 1.00. The van der Waals surface area contributed by atoms with E-state index < -0.39 is 36.6 Å². The van der Waals surface area contributed by atoms with Crippen LogP contribution in [0.15, 0.2) is 0 Å². The number of hydrogen-bond acceptors (Lipinski definition) is 6. The molecule has 2 heterocycles. The van der Waals surface area contributed by atoms with Gasteiger partial charge in [-0.15, -0.1) is 0 Å². The minimum Gasteiger partial charge on any atom is -0.389 e. The zero-order valence-electron chi connectivity index (χ0n) is 7.56. The third-order valence-corrected chi connectivity index (χ3v) is 3.10. The maximum atomic E-state index is 9.58. The van der Waals surface area contributed by atoms with Gasteiger partial charge in [-0.1, -0.05) is 0 Å². The first-order valence-electron chi connectivity index (χ1n) is 4.66. The largest absolute Gasteiger partial charge is 0.389 e. The molecule has 82 valence electrons. The molecule has 6 nitrogen and oxygen atoms in total. The Balaban J connectivity index is 2.18. The molecule has 2 aliphatic rings. The van der Waals surface area contributed by atoms with E-state index in [2.05, 4.69) is 0 Å². The van der Waals surface area contributed by atoms with Crippen LogP contribution in [-0.4, -0.2) is 80.1 Å². The van der Waals surface area contributed by atoms with Gasteiger partial charge >= 0.3 is 0 Å². The van der Waals surface area contributed by atoms with E-state index in [9.17, 15) is 25.5 Å². The fourth-order valence-electron chi connectivity index (χ4n) is 2.31. The summed E-state index contributed by atoms with van der Waals surface area (Å²) in [6.07, 6.45) is -5.49. The van der Waals surface area contributed by atoms with Crippen molar-refractivity contribution in [2.45, 2.75) is 36.6 Å². The van der Waals surface area contributed by atoms with Crippen LogP contribution in [0.3, 0.4) is 0 Å². The standard InChI is InChI=1S/C8H15NO5/c10-3-1-9-2-4(11)7(13)8(14)5(9)6(3)12/h3-8,10-14H,1-2H2/t3-,4-,5+,6-,7+,8+/m0/s1. The van der Waals surface area contributed by atoms with E-state index in [0.717, 1.165) is 0 Å². The van der Waals surface area contributed by atoms with E-state index >= 15 is 0 Å². The predicted octanol–water partition coefficient (Wildman–Crippen LogP) is -3.51. The molecule has 5 N–H and O–H groups in total. The number of aliphatic hydroxyl groups is 5. The normalized spacial score (nSPS) is 54.6. The summed E-state index contributed by atoms with van der Waals surface area (Å²) in [7, 11) is 0. The first-order chi connectivity index (χ1) is 6.52. The summed E-state index contributed by atoms with van der Waals surface area (Å²) < 4.78 is 0. The van der Waals surface area contributed by atoms with Gasteiger partial charge in [0.1, 0.15) is 12.2 Å². The Bertz CT molecular complexity index is 224. The second-order valence-corrected chi connectivity index (χ2v) is 4.05. The number of nitrogens with zero attached hydrogens (tertiary/aromatic N) is 1. The Morgan fingerprint density at radius 1 is 0.714 bits per heavy atom. The lowest BCUT2D eigenvalue weighted by molar-refractivity contribution is -0.142. The first-order valence-corrected chi connectivity index (χ1v) is 4.66. The van der Waals surface area contributed by atoms with E-state index in [4.69, 9.17) is 0 Å². The highest BCUT2D eigenvalue weighted by Gasteiger charge is 2.51. The second kappa shape index (κ2) is 3.41. The molecule has 0 aromatic heterocycles.